The van der Waals surface area contributed by atoms with Gasteiger partial charge in [-0.05, 0) is 48.3 Å². The highest BCUT2D eigenvalue weighted by atomic mass is 28.3. The quantitative estimate of drug-likeness (QED) is 0.349. The zero-order valence-corrected chi connectivity index (χ0v) is 28.1. The lowest BCUT2D eigenvalue weighted by molar-refractivity contribution is -0.134. The van der Waals surface area contributed by atoms with Gasteiger partial charge in [0.2, 0.25) is 0 Å². The van der Waals surface area contributed by atoms with Crippen LogP contribution in [-0.4, -0.2) is 38.5 Å². The Labute approximate surface area is 242 Å². The van der Waals surface area contributed by atoms with Crippen LogP contribution in [0.1, 0.15) is 66.2 Å². The topological polar surface area (TPSA) is 116 Å². The van der Waals surface area contributed by atoms with Crippen molar-refractivity contribution < 1.29 is 19.2 Å². The van der Waals surface area contributed by atoms with E-state index in [0.717, 1.165) is 12.8 Å². The molecule has 2 fully saturated rings. The van der Waals surface area contributed by atoms with Gasteiger partial charge in [-0.2, -0.15) is 10.5 Å². The lowest BCUT2D eigenvalue weighted by atomic mass is 9.55. The van der Waals surface area contributed by atoms with Gasteiger partial charge in [-0.3, -0.25) is 9.59 Å². The Balaban J connectivity index is 0.000000220. The van der Waals surface area contributed by atoms with Crippen LogP contribution in [0.2, 0.25) is 39.3 Å². The summed E-state index contributed by atoms with van der Waals surface area (Å²) >= 11 is 0. The lowest BCUT2D eigenvalue weighted by Gasteiger charge is -2.45. The van der Waals surface area contributed by atoms with E-state index in [0.29, 0.717) is 36.8 Å². The smallest absolute Gasteiger partial charge is 0.157 e. The monoisotopic (exact) mass is 578 g/mol. The fourth-order valence-electron chi connectivity index (χ4n) is 7.39. The van der Waals surface area contributed by atoms with Crippen LogP contribution in [-0.2, 0) is 19.2 Å². The van der Waals surface area contributed by atoms with Crippen LogP contribution in [0.4, 0.5) is 0 Å². The number of nitriles is 2. The van der Waals surface area contributed by atoms with E-state index in [-0.39, 0.29) is 45.0 Å². The number of Topliss-reactive ketones (excluding diaryl/α,β-unsaturated/α-hetero) is 2. The molecule has 0 aliphatic heterocycles. The normalized spacial score (nSPS) is 32.3. The molecule has 0 radical (unpaired) electrons. The summed E-state index contributed by atoms with van der Waals surface area (Å²) in [5, 5.41) is 19.7. The van der Waals surface area contributed by atoms with Crippen LogP contribution in [0.3, 0.4) is 0 Å². The number of fused-ring (bicyclic) bond motifs is 2. The van der Waals surface area contributed by atoms with E-state index < -0.39 is 27.0 Å². The minimum absolute atomic E-state index is 0.0420. The number of carbonyl (C=O) groups is 4. The van der Waals surface area contributed by atoms with Gasteiger partial charge in [-0.15, -0.1) is 0 Å². The molecule has 0 heterocycles. The minimum Gasteiger partial charge on any atom is -0.300 e. The van der Waals surface area contributed by atoms with Gasteiger partial charge in [0.25, 0.3) is 0 Å². The molecule has 0 amide bonds. The Hall–Kier alpha value is -2.43. The molecule has 0 aromatic rings. The predicted molar refractivity (Wildman–Crippen MR) is 161 cm³/mol. The molecule has 0 N–H and O–H groups in total. The molecule has 0 aromatic heterocycles. The van der Waals surface area contributed by atoms with E-state index in [1.54, 1.807) is 0 Å². The van der Waals surface area contributed by atoms with Gasteiger partial charge in [0.1, 0.15) is 37.8 Å². The summed E-state index contributed by atoms with van der Waals surface area (Å²) in [7, 11) is -4.10. The molecule has 8 heteroatoms. The van der Waals surface area contributed by atoms with Gasteiger partial charge < -0.3 is 9.59 Å². The summed E-state index contributed by atoms with van der Waals surface area (Å²) in [6, 6.07) is 4.54. The Bertz CT molecular complexity index is 1200. The number of nitrogens with zero attached hydrogens (tertiary/aromatic N) is 2. The fourth-order valence-corrected chi connectivity index (χ4v) is 9.60. The molecular formula is C32H46N2O4Si2. The third kappa shape index (κ3) is 4.86. The number of allylic oxidation sites excluding steroid dienone is 4. The molecule has 4 aliphatic rings. The molecule has 4 atom stereocenters. The van der Waals surface area contributed by atoms with Gasteiger partial charge >= 0.3 is 0 Å². The molecule has 0 unspecified atom stereocenters. The first-order valence-electron chi connectivity index (χ1n) is 14.5. The molecule has 2 saturated carbocycles. The van der Waals surface area contributed by atoms with Gasteiger partial charge in [-0.25, -0.2) is 0 Å². The van der Waals surface area contributed by atoms with Crippen LogP contribution in [0.25, 0.3) is 0 Å². The standard InChI is InChI=1S/2C16H23NO2Si/c2*1-15(2)9-8-13(18)16(10-17)11(6-7-12(15)16)14(19)20(3,4)5/h2*6,12H,7-9H2,1-5H3/t2*12-,16-/m00/s1. The van der Waals surface area contributed by atoms with Gasteiger partial charge in [0, 0.05) is 24.0 Å². The van der Waals surface area contributed by atoms with Crippen LogP contribution < -0.4 is 0 Å². The number of rotatable bonds is 4. The summed E-state index contributed by atoms with van der Waals surface area (Å²) in [5.74, 6) is -0.174. The summed E-state index contributed by atoms with van der Waals surface area (Å²) in [6.45, 7) is 20.3. The van der Waals surface area contributed by atoms with Crippen molar-refractivity contribution in [2.24, 2.45) is 33.5 Å². The van der Waals surface area contributed by atoms with Crippen LogP contribution in [0, 0.1) is 56.2 Å². The molecule has 4 aliphatic carbocycles. The second kappa shape index (κ2) is 10.1. The molecule has 0 bridgehead atoms. The van der Waals surface area contributed by atoms with Crippen molar-refractivity contribution in [3.8, 4) is 12.1 Å². The first kappa shape index (κ1) is 32.1. The molecule has 0 saturated heterocycles. The van der Waals surface area contributed by atoms with Gasteiger partial charge in [0.15, 0.2) is 11.6 Å². The summed E-state index contributed by atoms with van der Waals surface area (Å²) in [4.78, 5) is 50.6. The van der Waals surface area contributed by atoms with Crippen molar-refractivity contribution in [1.82, 2.24) is 0 Å². The third-order valence-corrected chi connectivity index (χ3v) is 13.2. The Kier molecular flexibility index (Phi) is 8.13. The van der Waals surface area contributed by atoms with Crippen LogP contribution in [0.15, 0.2) is 23.3 Å². The maximum Gasteiger partial charge on any atom is 0.157 e. The summed E-state index contributed by atoms with van der Waals surface area (Å²) in [6.07, 6.45) is 7.57. The van der Waals surface area contributed by atoms with E-state index in [9.17, 15) is 29.7 Å². The van der Waals surface area contributed by atoms with E-state index in [4.69, 9.17) is 0 Å². The molecule has 0 spiro atoms. The minimum atomic E-state index is -2.05. The second-order valence-corrected chi connectivity index (χ2v) is 25.5. The maximum absolute atomic E-state index is 12.7. The highest BCUT2D eigenvalue weighted by Crippen LogP contribution is 2.59. The van der Waals surface area contributed by atoms with Gasteiger partial charge in [-0.1, -0.05) is 79.1 Å². The number of hydrogen-bond acceptors (Lipinski definition) is 6. The van der Waals surface area contributed by atoms with Crippen molar-refractivity contribution in [2.45, 2.75) is 106 Å². The number of hydrogen-bond donors (Lipinski definition) is 0. The summed E-state index contributed by atoms with van der Waals surface area (Å²) < 4.78 is 0. The molecule has 0 aromatic carbocycles. The number of carbonyl (C=O) groups excluding carboxylic acids is 4. The highest BCUT2D eigenvalue weighted by Gasteiger charge is 2.62. The van der Waals surface area contributed by atoms with Crippen molar-refractivity contribution in [1.29, 1.82) is 10.5 Å². The van der Waals surface area contributed by atoms with Crippen molar-refractivity contribution in [3.05, 3.63) is 23.3 Å². The average molecular weight is 579 g/mol. The molecule has 40 heavy (non-hydrogen) atoms. The Morgan fingerprint density at radius 2 is 1.00 bits per heavy atom. The predicted octanol–water partition coefficient (Wildman–Crippen LogP) is 6.56. The first-order valence-corrected chi connectivity index (χ1v) is 21.5. The zero-order valence-electron chi connectivity index (χ0n) is 26.1. The molecule has 6 nitrogen and oxygen atoms in total. The molecular weight excluding hydrogens is 533 g/mol. The van der Waals surface area contributed by atoms with E-state index in [1.165, 1.54) is 0 Å². The van der Waals surface area contributed by atoms with Crippen molar-refractivity contribution >= 4 is 38.5 Å². The second-order valence-electron chi connectivity index (χ2n) is 15.6. The average Bonchev–Trinajstić information content (AvgIpc) is 3.45. The van der Waals surface area contributed by atoms with Crippen molar-refractivity contribution in [3.63, 3.8) is 0 Å². The SMILES string of the molecule is CC1(C)CCC(=O)[C@@]2(C#N)C(C(=O)[Si](C)(C)C)=CC[C@@H]12.CC1(C)CCC(=O)[C@@]2(C#N)C(C(=O)[Si](C)(C)C)=CC[C@@H]12. The van der Waals surface area contributed by atoms with Crippen LogP contribution in [0.5, 0.6) is 0 Å². The van der Waals surface area contributed by atoms with E-state index >= 15 is 0 Å². The molecule has 216 valence electrons. The lowest BCUT2D eigenvalue weighted by Crippen LogP contribution is -2.51. The number of ketones is 2. The molecule has 4 rings (SSSR count). The van der Waals surface area contributed by atoms with Gasteiger partial charge in [0.05, 0.1) is 12.1 Å². The van der Waals surface area contributed by atoms with Crippen molar-refractivity contribution in [2.75, 3.05) is 0 Å². The van der Waals surface area contributed by atoms with E-state index in [1.807, 2.05) is 51.4 Å². The van der Waals surface area contributed by atoms with E-state index in [2.05, 4.69) is 39.8 Å². The zero-order chi connectivity index (χ0) is 30.7. The maximum atomic E-state index is 12.7. The van der Waals surface area contributed by atoms with Crippen LogP contribution >= 0.6 is 0 Å². The summed E-state index contributed by atoms with van der Waals surface area (Å²) in [5.41, 5.74) is -1.44. The highest BCUT2D eigenvalue weighted by molar-refractivity contribution is 7.06. The first-order chi connectivity index (χ1) is 18.1. The Morgan fingerprint density at radius 3 is 1.25 bits per heavy atom. The fraction of sp³-hybridized carbons (Fsp3) is 0.688. The Morgan fingerprint density at radius 1 is 0.700 bits per heavy atom. The third-order valence-electron chi connectivity index (χ3n) is 9.97. The largest absolute Gasteiger partial charge is 0.300 e.